The molecule has 2 unspecified atom stereocenters. The molecule has 0 amide bonds. The van der Waals surface area contributed by atoms with Crippen LogP contribution in [-0.2, 0) is 6.42 Å². The Morgan fingerprint density at radius 1 is 1.19 bits per heavy atom. The fourth-order valence-electron chi connectivity index (χ4n) is 3.35. The Labute approximate surface area is 131 Å². The normalized spacial score (nSPS) is 21.8. The van der Waals surface area contributed by atoms with Crippen LogP contribution < -0.4 is 5.32 Å². The molecule has 1 aliphatic rings. The standard InChI is InChI=1S/C18H24N2S/c1-2-19-12-16-10-6-9-15(16)11-18-20-17(13-21-18)14-7-4-3-5-8-14/h3-5,7-8,13,15-16,19H,2,6,9-12H2,1H3. The molecule has 3 rings (SSSR count). The SMILES string of the molecule is CCNCC1CCCC1Cc1nc(-c2ccccc2)cs1. The molecular weight excluding hydrogens is 276 g/mol. The summed E-state index contributed by atoms with van der Waals surface area (Å²) in [6.07, 6.45) is 5.30. The molecule has 21 heavy (non-hydrogen) atoms. The maximum Gasteiger partial charge on any atom is 0.0935 e. The number of hydrogen-bond donors (Lipinski definition) is 1. The average Bonchev–Trinajstić information content (AvgIpc) is 3.16. The molecule has 0 bridgehead atoms. The largest absolute Gasteiger partial charge is 0.317 e. The van der Waals surface area contributed by atoms with Crippen LogP contribution in [0.4, 0.5) is 0 Å². The van der Waals surface area contributed by atoms with Gasteiger partial charge in [0, 0.05) is 17.4 Å². The Bertz CT molecular complexity index is 549. The Balaban J connectivity index is 1.64. The van der Waals surface area contributed by atoms with Crippen molar-refractivity contribution in [3.05, 3.63) is 40.7 Å². The lowest BCUT2D eigenvalue weighted by molar-refractivity contribution is 0.368. The minimum Gasteiger partial charge on any atom is -0.317 e. The van der Waals surface area contributed by atoms with Crippen molar-refractivity contribution < 1.29 is 0 Å². The first-order chi connectivity index (χ1) is 10.4. The van der Waals surface area contributed by atoms with Gasteiger partial charge < -0.3 is 5.32 Å². The van der Waals surface area contributed by atoms with E-state index < -0.39 is 0 Å². The lowest BCUT2D eigenvalue weighted by atomic mass is 9.93. The highest BCUT2D eigenvalue weighted by atomic mass is 32.1. The van der Waals surface area contributed by atoms with Gasteiger partial charge in [-0.1, -0.05) is 43.7 Å². The van der Waals surface area contributed by atoms with Gasteiger partial charge in [-0.15, -0.1) is 11.3 Å². The molecule has 2 aromatic rings. The fourth-order valence-corrected chi connectivity index (χ4v) is 4.25. The van der Waals surface area contributed by atoms with E-state index in [1.807, 2.05) is 11.3 Å². The molecule has 1 fully saturated rings. The molecule has 1 aliphatic carbocycles. The van der Waals surface area contributed by atoms with Crippen molar-refractivity contribution in [1.29, 1.82) is 0 Å². The quantitative estimate of drug-likeness (QED) is 0.856. The monoisotopic (exact) mass is 300 g/mol. The summed E-state index contributed by atoms with van der Waals surface area (Å²) in [5.74, 6) is 1.66. The number of nitrogens with zero attached hydrogens (tertiary/aromatic N) is 1. The zero-order chi connectivity index (χ0) is 14.5. The smallest absolute Gasteiger partial charge is 0.0935 e. The van der Waals surface area contributed by atoms with Crippen molar-refractivity contribution in [3.63, 3.8) is 0 Å². The maximum atomic E-state index is 4.86. The average molecular weight is 300 g/mol. The summed E-state index contributed by atoms with van der Waals surface area (Å²) in [5, 5.41) is 7.03. The predicted octanol–water partition coefficient (Wildman–Crippen LogP) is 4.38. The summed E-state index contributed by atoms with van der Waals surface area (Å²) in [5.41, 5.74) is 2.37. The van der Waals surface area contributed by atoms with Crippen LogP contribution in [0.15, 0.2) is 35.7 Å². The van der Waals surface area contributed by atoms with E-state index >= 15 is 0 Å². The van der Waals surface area contributed by atoms with E-state index in [9.17, 15) is 0 Å². The topological polar surface area (TPSA) is 24.9 Å². The fraction of sp³-hybridized carbons (Fsp3) is 0.500. The molecule has 0 spiro atoms. The molecule has 1 saturated carbocycles. The van der Waals surface area contributed by atoms with Crippen molar-refractivity contribution >= 4 is 11.3 Å². The number of benzene rings is 1. The van der Waals surface area contributed by atoms with E-state index in [1.165, 1.54) is 36.4 Å². The van der Waals surface area contributed by atoms with Crippen molar-refractivity contribution in [1.82, 2.24) is 10.3 Å². The predicted molar refractivity (Wildman–Crippen MR) is 90.6 cm³/mol. The molecule has 2 nitrogen and oxygen atoms in total. The van der Waals surface area contributed by atoms with Gasteiger partial charge in [0.1, 0.15) is 0 Å². The molecule has 1 aromatic heterocycles. The Morgan fingerprint density at radius 2 is 2.00 bits per heavy atom. The van der Waals surface area contributed by atoms with Crippen LogP contribution in [0.25, 0.3) is 11.3 Å². The van der Waals surface area contributed by atoms with Gasteiger partial charge in [-0.2, -0.15) is 0 Å². The molecule has 2 atom stereocenters. The minimum atomic E-state index is 0.818. The zero-order valence-electron chi connectivity index (χ0n) is 12.7. The number of aromatic nitrogens is 1. The third kappa shape index (κ3) is 3.72. The molecule has 1 N–H and O–H groups in total. The van der Waals surface area contributed by atoms with Crippen molar-refractivity contribution in [3.8, 4) is 11.3 Å². The maximum absolute atomic E-state index is 4.86. The van der Waals surface area contributed by atoms with Crippen molar-refractivity contribution in [2.24, 2.45) is 11.8 Å². The van der Waals surface area contributed by atoms with E-state index in [4.69, 9.17) is 4.98 Å². The number of thiazole rings is 1. The van der Waals surface area contributed by atoms with Crippen LogP contribution in [0.2, 0.25) is 0 Å². The van der Waals surface area contributed by atoms with Gasteiger partial charge in [-0.05, 0) is 37.8 Å². The number of hydrogen-bond acceptors (Lipinski definition) is 3. The van der Waals surface area contributed by atoms with Crippen LogP contribution in [0.1, 0.15) is 31.2 Å². The lowest BCUT2D eigenvalue weighted by Crippen LogP contribution is -2.25. The second kappa shape index (κ2) is 7.19. The first-order valence-electron chi connectivity index (χ1n) is 8.07. The van der Waals surface area contributed by atoms with E-state index in [0.29, 0.717) is 0 Å². The summed E-state index contributed by atoms with van der Waals surface area (Å²) >= 11 is 1.83. The summed E-state index contributed by atoms with van der Waals surface area (Å²) in [6, 6.07) is 10.5. The first kappa shape index (κ1) is 14.7. The van der Waals surface area contributed by atoms with E-state index in [2.05, 4.69) is 48.0 Å². The van der Waals surface area contributed by atoms with Gasteiger partial charge in [0.15, 0.2) is 0 Å². The molecule has 0 aliphatic heterocycles. The molecule has 3 heteroatoms. The molecule has 112 valence electrons. The summed E-state index contributed by atoms with van der Waals surface area (Å²) in [4.78, 5) is 4.86. The number of rotatable bonds is 6. The lowest BCUT2D eigenvalue weighted by Gasteiger charge is -2.18. The second-order valence-electron chi connectivity index (χ2n) is 5.96. The van der Waals surface area contributed by atoms with Crippen LogP contribution in [0.5, 0.6) is 0 Å². The molecule has 1 heterocycles. The highest BCUT2D eigenvalue weighted by Crippen LogP contribution is 2.35. The van der Waals surface area contributed by atoms with Crippen LogP contribution >= 0.6 is 11.3 Å². The van der Waals surface area contributed by atoms with Gasteiger partial charge in [-0.25, -0.2) is 4.98 Å². The van der Waals surface area contributed by atoms with E-state index in [1.54, 1.807) is 0 Å². The third-order valence-corrected chi connectivity index (χ3v) is 5.40. The van der Waals surface area contributed by atoms with E-state index in [-0.39, 0.29) is 0 Å². The summed E-state index contributed by atoms with van der Waals surface area (Å²) in [7, 11) is 0. The van der Waals surface area contributed by atoms with Crippen LogP contribution in [0.3, 0.4) is 0 Å². The highest BCUT2D eigenvalue weighted by Gasteiger charge is 2.27. The highest BCUT2D eigenvalue weighted by molar-refractivity contribution is 7.09. The first-order valence-corrected chi connectivity index (χ1v) is 8.95. The molecule has 1 aromatic carbocycles. The molecular formula is C18H24N2S. The van der Waals surface area contributed by atoms with Crippen LogP contribution in [-0.4, -0.2) is 18.1 Å². The van der Waals surface area contributed by atoms with Crippen molar-refractivity contribution in [2.75, 3.05) is 13.1 Å². The molecule has 0 radical (unpaired) electrons. The van der Waals surface area contributed by atoms with Gasteiger partial charge in [-0.3, -0.25) is 0 Å². The summed E-state index contributed by atoms with van der Waals surface area (Å²) in [6.45, 7) is 4.45. The Hall–Kier alpha value is -1.19. The van der Waals surface area contributed by atoms with Gasteiger partial charge in [0.2, 0.25) is 0 Å². The zero-order valence-corrected chi connectivity index (χ0v) is 13.5. The Morgan fingerprint density at radius 3 is 2.81 bits per heavy atom. The van der Waals surface area contributed by atoms with Gasteiger partial charge >= 0.3 is 0 Å². The second-order valence-corrected chi connectivity index (χ2v) is 6.90. The van der Waals surface area contributed by atoms with Crippen LogP contribution in [0, 0.1) is 11.8 Å². The molecule has 0 saturated heterocycles. The summed E-state index contributed by atoms with van der Waals surface area (Å²) < 4.78 is 0. The number of nitrogens with one attached hydrogen (secondary N) is 1. The van der Waals surface area contributed by atoms with Gasteiger partial charge in [0.05, 0.1) is 10.7 Å². The Kier molecular flexibility index (Phi) is 5.04. The van der Waals surface area contributed by atoms with Gasteiger partial charge in [0.25, 0.3) is 0 Å². The van der Waals surface area contributed by atoms with E-state index in [0.717, 1.165) is 30.5 Å². The third-order valence-electron chi connectivity index (χ3n) is 4.53. The minimum absolute atomic E-state index is 0.818. The van der Waals surface area contributed by atoms with Crippen molar-refractivity contribution in [2.45, 2.75) is 32.6 Å².